The van der Waals surface area contributed by atoms with E-state index in [9.17, 15) is 14.7 Å². The summed E-state index contributed by atoms with van der Waals surface area (Å²) >= 11 is 6.09. The van der Waals surface area contributed by atoms with Crippen molar-refractivity contribution in [2.45, 2.75) is 32.5 Å². The summed E-state index contributed by atoms with van der Waals surface area (Å²) in [4.78, 5) is 28.6. The number of aliphatic hydroxyl groups is 1. The molecule has 0 spiro atoms. The zero-order valence-corrected chi connectivity index (χ0v) is 21.9. The van der Waals surface area contributed by atoms with Crippen molar-refractivity contribution < 1.29 is 28.6 Å². The van der Waals surface area contributed by atoms with Gasteiger partial charge in [0.25, 0.3) is 5.91 Å². The van der Waals surface area contributed by atoms with Gasteiger partial charge in [0.05, 0.1) is 24.8 Å². The second kappa shape index (κ2) is 10.3. The van der Waals surface area contributed by atoms with Crippen LogP contribution in [-0.4, -0.2) is 34.9 Å². The molecule has 8 heteroatoms. The van der Waals surface area contributed by atoms with E-state index in [-0.39, 0.29) is 24.0 Å². The summed E-state index contributed by atoms with van der Waals surface area (Å²) in [6.07, 6.45) is -0.0110. The molecule has 0 saturated carbocycles. The number of nitrogens with zero attached hydrogens (tertiary/aromatic N) is 1. The quantitative estimate of drug-likeness (QED) is 0.256. The number of halogens is 1. The summed E-state index contributed by atoms with van der Waals surface area (Å²) in [5, 5.41) is 12.2. The fraction of sp³-hybridized carbons (Fsp3) is 0.200. The van der Waals surface area contributed by atoms with Crippen LogP contribution in [0.15, 0.2) is 88.5 Å². The first-order valence-corrected chi connectivity index (χ1v) is 12.5. The Morgan fingerprint density at radius 2 is 1.71 bits per heavy atom. The summed E-state index contributed by atoms with van der Waals surface area (Å²) in [6, 6.07) is 20.2. The Kier molecular flexibility index (Phi) is 6.87. The van der Waals surface area contributed by atoms with Crippen molar-refractivity contribution in [3.63, 3.8) is 0 Å². The second-order valence-corrected chi connectivity index (χ2v) is 9.74. The van der Waals surface area contributed by atoms with Gasteiger partial charge in [-0.15, -0.1) is 0 Å². The monoisotopic (exact) mass is 531 g/mol. The highest BCUT2D eigenvalue weighted by Crippen LogP contribution is 2.41. The molecule has 0 saturated heterocycles. The molecule has 1 aliphatic heterocycles. The lowest BCUT2D eigenvalue weighted by Crippen LogP contribution is -2.30. The maximum Gasteiger partial charge on any atom is 0.290 e. The maximum atomic E-state index is 13.8. The van der Waals surface area contributed by atoms with Gasteiger partial charge in [0, 0.05) is 17.0 Å². The molecule has 0 aliphatic carbocycles. The average Bonchev–Trinajstić information content (AvgIpc) is 3.43. The van der Waals surface area contributed by atoms with E-state index in [1.54, 1.807) is 67.8 Å². The summed E-state index contributed by atoms with van der Waals surface area (Å²) in [5.41, 5.74) is 1.88. The highest BCUT2D eigenvalue weighted by atomic mass is 35.5. The topological polar surface area (TPSA) is 89.2 Å². The zero-order valence-electron chi connectivity index (χ0n) is 21.1. The molecule has 1 atom stereocenters. The fourth-order valence-corrected chi connectivity index (χ4v) is 4.76. The molecule has 0 bridgehead atoms. The Morgan fingerprint density at radius 3 is 2.37 bits per heavy atom. The number of carbonyl (C=O) groups excluding carboxylic acids is 2. The number of ketones is 1. The van der Waals surface area contributed by atoms with Crippen LogP contribution < -0.4 is 9.47 Å². The van der Waals surface area contributed by atoms with Gasteiger partial charge in [-0.1, -0.05) is 35.9 Å². The second-order valence-electron chi connectivity index (χ2n) is 9.30. The van der Waals surface area contributed by atoms with Crippen LogP contribution in [-0.2, 0) is 11.3 Å². The van der Waals surface area contributed by atoms with Crippen LogP contribution in [0.2, 0.25) is 5.02 Å². The van der Waals surface area contributed by atoms with Gasteiger partial charge in [-0.05, 0) is 73.5 Å². The smallest absolute Gasteiger partial charge is 0.290 e. The third-order valence-electron chi connectivity index (χ3n) is 6.33. The van der Waals surface area contributed by atoms with Crippen molar-refractivity contribution in [2.24, 2.45) is 0 Å². The molecular formula is C30H26ClNO6. The lowest BCUT2D eigenvalue weighted by Gasteiger charge is -2.27. The van der Waals surface area contributed by atoms with Crippen LogP contribution >= 0.6 is 11.6 Å². The highest BCUT2D eigenvalue weighted by molar-refractivity contribution is 6.31. The predicted molar refractivity (Wildman–Crippen MR) is 144 cm³/mol. The van der Waals surface area contributed by atoms with E-state index in [1.165, 1.54) is 4.90 Å². The minimum atomic E-state index is -0.845. The van der Waals surface area contributed by atoms with Crippen LogP contribution in [0.3, 0.4) is 0 Å². The van der Waals surface area contributed by atoms with Crippen LogP contribution in [0.4, 0.5) is 0 Å². The van der Waals surface area contributed by atoms with Crippen molar-refractivity contribution in [2.75, 3.05) is 7.11 Å². The molecule has 38 heavy (non-hydrogen) atoms. The van der Waals surface area contributed by atoms with Gasteiger partial charge in [-0.3, -0.25) is 9.59 Å². The Hall–Kier alpha value is -4.23. The number of ether oxygens (including phenoxy) is 2. The van der Waals surface area contributed by atoms with Crippen molar-refractivity contribution in [1.82, 2.24) is 4.90 Å². The molecule has 1 unspecified atom stereocenters. The minimum absolute atomic E-state index is 0.00711. The third-order valence-corrected chi connectivity index (χ3v) is 6.57. The fourth-order valence-electron chi connectivity index (χ4n) is 4.58. The van der Waals surface area contributed by atoms with Crippen molar-refractivity contribution in [3.8, 4) is 11.5 Å². The average molecular weight is 532 g/mol. The number of rotatable bonds is 8. The molecule has 1 aliphatic rings. The summed E-state index contributed by atoms with van der Waals surface area (Å²) in [7, 11) is 1.58. The van der Waals surface area contributed by atoms with Gasteiger partial charge in [-0.25, -0.2) is 0 Å². The van der Waals surface area contributed by atoms with Crippen molar-refractivity contribution >= 4 is 34.3 Å². The van der Waals surface area contributed by atoms with Crippen molar-refractivity contribution in [3.05, 3.63) is 106 Å². The Morgan fingerprint density at radius 1 is 1.03 bits per heavy atom. The van der Waals surface area contributed by atoms with Gasteiger partial charge in [0.2, 0.25) is 5.78 Å². The van der Waals surface area contributed by atoms with Crippen LogP contribution in [0.25, 0.3) is 11.0 Å². The summed E-state index contributed by atoms with van der Waals surface area (Å²) in [6.45, 7) is 4.02. The number of carbonyl (C=O) groups is 2. The van der Waals surface area contributed by atoms with Gasteiger partial charge in [0.1, 0.15) is 17.1 Å². The van der Waals surface area contributed by atoms with Gasteiger partial charge < -0.3 is 23.9 Å². The number of hydrogen-bond donors (Lipinski definition) is 1. The third kappa shape index (κ3) is 4.85. The maximum absolute atomic E-state index is 13.8. The molecule has 1 amide bonds. The van der Waals surface area contributed by atoms with E-state index in [4.69, 9.17) is 25.5 Å². The number of benzene rings is 3. The van der Waals surface area contributed by atoms with E-state index in [0.717, 1.165) is 5.56 Å². The molecule has 5 rings (SSSR count). The molecule has 0 fully saturated rings. The first kappa shape index (κ1) is 25.4. The Labute approximate surface area is 224 Å². The lowest BCUT2D eigenvalue weighted by molar-refractivity contribution is -0.130. The van der Waals surface area contributed by atoms with Gasteiger partial charge in [0.15, 0.2) is 11.5 Å². The predicted octanol–water partition coefficient (Wildman–Crippen LogP) is 6.66. The van der Waals surface area contributed by atoms with Gasteiger partial charge >= 0.3 is 0 Å². The first-order valence-electron chi connectivity index (χ1n) is 12.1. The number of hydrogen-bond acceptors (Lipinski definition) is 6. The first-order chi connectivity index (χ1) is 18.2. The van der Waals surface area contributed by atoms with Crippen LogP contribution in [0, 0.1) is 0 Å². The number of Topliss-reactive ketones (excluding diaryl/α,β-unsaturated/α-hetero) is 1. The number of methoxy groups -OCH3 is 1. The molecule has 7 nitrogen and oxygen atoms in total. The van der Waals surface area contributed by atoms with E-state index in [2.05, 4.69) is 0 Å². The number of furan rings is 1. The molecular weight excluding hydrogens is 506 g/mol. The zero-order chi connectivity index (χ0) is 27.0. The molecule has 0 radical (unpaired) electrons. The molecule has 2 heterocycles. The number of aliphatic hydroxyl groups excluding tert-OH is 1. The van der Waals surface area contributed by atoms with Gasteiger partial charge in [-0.2, -0.15) is 0 Å². The molecule has 4 aromatic rings. The summed E-state index contributed by atoms with van der Waals surface area (Å²) in [5.74, 6) is -0.475. The Balaban J connectivity index is 1.56. The normalized spacial score (nSPS) is 15.6. The standard InChI is InChI=1S/C30H26ClNO6/c1-17(2)37-23-11-6-19(7-12-23)27-26(28(33)25-15-20-14-21(31)8-13-24(20)38-25)29(34)30(35)32(27)16-18-4-9-22(36-3)10-5-18/h4-15,17,27,34H,16H2,1-3H3. The minimum Gasteiger partial charge on any atom is -0.503 e. The molecule has 3 aromatic carbocycles. The van der Waals surface area contributed by atoms with E-state index in [1.807, 2.05) is 26.0 Å². The largest absolute Gasteiger partial charge is 0.503 e. The Bertz CT molecular complexity index is 1540. The molecule has 194 valence electrons. The SMILES string of the molecule is COc1ccc(CN2C(=O)C(O)=C(C(=O)c3cc4cc(Cl)ccc4o3)C2c2ccc(OC(C)C)cc2)cc1. The molecule has 1 N–H and O–H groups in total. The van der Waals surface area contributed by atoms with Crippen LogP contribution in [0.1, 0.15) is 41.6 Å². The van der Waals surface area contributed by atoms with Crippen LogP contribution in [0.5, 0.6) is 11.5 Å². The highest BCUT2D eigenvalue weighted by Gasteiger charge is 2.44. The summed E-state index contributed by atoms with van der Waals surface area (Å²) < 4.78 is 16.8. The van der Waals surface area contributed by atoms with Crippen molar-refractivity contribution in [1.29, 1.82) is 0 Å². The van der Waals surface area contributed by atoms with E-state index in [0.29, 0.717) is 33.1 Å². The number of amides is 1. The van der Waals surface area contributed by atoms with E-state index >= 15 is 0 Å². The lowest BCUT2D eigenvalue weighted by atomic mass is 9.94. The number of fused-ring (bicyclic) bond motifs is 1. The van der Waals surface area contributed by atoms with E-state index < -0.39 is 23.5 Å². The molecule has 1 aromatic heterocycles.